The highest BCUT2D eigenvalue weighted by Gasteiger charge is 2.23. The van der Waals surface area contributed by atoms with Crippen molar-refractivity contribution in [3.63, 3.8) is 0 Å². The second-order valence-electron chi connectivity index (χ2n) is 7.50. The largest absolute Gasteiger partial charge is 0.328 e. The number of rotatable bonds is 6. The molecule has 0 aliphatic heterocycles. The van der Waals surface area contributed by atoms with Gasteiger partial charge in [0.15, 0.2) is 0 Å². The third-order valence-corrected chi connectivity index (χ3v) is 5.19. The highest BCUT2D eigenvalue weighted by molar-refractivity contribution is 5.79. The fourth-order valence-corrected chi connectivity index (χ4v) is 3.51. The number of imidazole rings is 1. The Kier molecular flexibility index (Phi) is 5.28. The molecule has 0 spiro atoms. The van der Waals surface area contributed by atoms with E-state index in [2.05, 4.69) is 73.7 Å². The van der Waals surface area contributed by atoms with Gasteiger partial charge >= 0.3 is 0 Å². The van der Waals surface area contributed by atoms with Crippen molar-refractivity contribution in [3.05, 3.63) is 48.5 Å². The van der Waals surface area contributed by atoms with Gasteiger partial charge in [-0.3, -0.25) is 4.68 Å². The van der Waals surface area contributed by atoms with Crippen molar-refractivity contribution in [2.75, 3.05) is 14.1 Å². The molecule has 5 heteroatoms. The van der Waals surface area contributed by atoms with Gasteiger partial charge in [-0.1, -0.05) is 44.2 Å². The third-order valence-electron chi connectivity index (χ3n) is 5.19. The summed E-state index contributed by atoms with van der Waals surface area (Å²) in [4.78, 5) is 7.09. The van der Waals surface area contributed by atoms with Gasteiger partial charge in [-0.2, -0.15) is 5.10 Å². The molecule has 5 nitrogen and oxygen atoms in total. The van der Waals surface area contributed by atoms with Crippen LogP contribution >= 0.6 is 0 Å². The van der Waals surface area contributed by atoms with Crippen molar-refractivity contribution in [3.8, 4) is 22.5 Å². The zero-order chi connectivity index (χ0) is 18.8. The van der Waals surface area contributed by atoms with Crippen molar-refractivity contribution < 1.29 is 0 Å². The van der Waals surface area contributed by atoms with E-state index in [1.807, 2.05) is 30.3 Å². The van der Waals surface area contributed by atoms with Crippen LogP contribution in [0.1, 0.15) is 19.5 Å². The van der Waals surface area contributed by atoms with Crippen LogP contribution in [0.25, 0.3) is 22.5 Å². The average Bonchev–Trinajstić information content (AvgIpc) is 3.16. The first kappa shape index (κ1) is 18.4. The SMILES string of the molecule is Cc1c(-c2c(-c3ccccc3)ncn2C[C@@H](C(C)C)N(C)C)cnn1C. The summed E-state index contributed by atoms with van der Waals surface area (Å²) in [5.74, 6) is 0.551. The minimum Gasteiger partial charge on any atom is -0.328 e. The number of aromatic nitrogens is 4. The summed E-state index contributed by atoms with van der Waals surface area (Å²) in [6.45, 7) is 7.55. The molecule has 0 saturated heterocycles. The number of nitrogens with zero attached hydrogens (tertiary/aromatic N) is 5. The molecule has 0 bridgehead atoms. The third kappa shape index (κ3) is 3.44. The Morgan fingerprint density at radius 2 is 1.81 bits per heavy atom. The molecule has 26 heavy (non-hydrogen) atoms. The first-order valence-electron chi connectivity index (χ1n) is 9.16. The van der Waals surface area contributed by atoms with E-state index in [0.717, 1.165) is 34.8 Å². The Labute approximate surface area is 156 Å². The molecule has 1 atom stereocenters. The Hall–Kier alpha value is -2.40. The Morgan fingerprint density at radius 1 is 1.12 bits per heavy atom. The van der Waals surface area contributed by atoms with E-state index in [-0.39, 0.29) is 0 Å². The molecule has 2 aromatic heterocycles. The molecule has 0 amide bonds. The maximum absolute atomic E-state index is 4.79. The molecule has 3 aromatic rings. The second-order valence-corrected chi connectivity index (χ2v) is 7.50. The lowest BCUT2D eigenvalue weighted by Crippen LogP contribution is -2.36. The first-order chi connectivity index (χ1) is 12.4. The maximum atomic E-state index is 4.79. The second kappa shape index (κ2) is 7.46. The summed E-state index contributed by atoms with van der Waals surface area (Å²) in [5.41, 5.74) is 5.59. The molecule has 0 aliphatic rings. The molecule has 0 saturated carbocycles. The van der Waals surface area contributed by atoms with Crippen LogP contribution in [0, 0.1) is 12.8 Å². The van der Waals surface area contributed by atoms with Crippen LogP contribution in [-0.2, 0) is 13.6 Å². The van der Waals surface area contributed by atoms with Crippen LogP contribution in [0.2, 0.25) is 0 Å². The lowest BCUT2D eigenvalue weighted by Gasteiger charge is -2.29. The van der Waals surface area contributed by atoms with Crippen LogP contribution in [0.5, 0.6) is 0 Å². The van der Waals surface area contributed by atoms with E-state index in [4.69, 9.17) is 4.98 Å². The fourth-order valence-electron chi connectivity index (χ4n) is 3.51. The van der Waals surface area contributed by atoms with Crippen molar-refractivity contribution in [2.45, 2.75) is 33.4 Å². The molecule has 1 aromatic carbocycles. The minimum atomic E-state index is 0.434. The van der Waals surface area contributed by atoms with Crippen molar-refractivity contribution in [2.24, 2.45) is 13.0 Å². The predicted octanol–water partition coefficient (Wildman–Crippen LogP) is 3.85. The van der Waals surface area contributed by atoms with Crippen molar-refractivity contribution in [1.82, 2.24) is 24.2 Å². The van der Waals surface area contributed by atoms with E-state index in [0.29, 0.717) is 12.0 Å². The van der Waals surface area contributed by atoms with Gasteiger partial charge in [0, 0.05) is 36.5 Å². The molecule has 0 radical (unpaired) electrons. The number of likely N-dealkylation sites (N-methyl/N-ethyl adjacent to an activating group) is 1. The molecule has 138 valence electrons. The number of hydrogen-bond donors (Lipinski definition) is 0. The van der Waals surface area contributed by atoms with E-state index in [9.17, 15) is 0 Å². The van der Waals surface area contributed by atoms with E-state index >= 15 is 0 Å². The highest BCUT2D eigenvalue weighted by atomic mass is 15.3. The lowest BCUT2D eigenvalue weighted by molar-refractivity contribution is 0.207. The van der Waals surface area contributed by atoms with E-state index in [1.54, 1.807) is 0 Å². The van der Waals surface area contributed by atoms with Gasteiger partial charge < -0.3 is 9.47 Å². The Bertz CT molecular complexity index is 850. The van der Waals surface area contributed by atoms with Crippen molar-refractivity contribution in [1.29, 1.82) is 0 Å². The van der Waals surface area contributed by atoms with Crippen LogP contribution in [0.3, 0.4) is 0 Å². The summed E-state index contributed by atoms with van der Waals surface area (Å²) >= 11 is 0. The molecule has 0 N–H and O–H groups in total. The normalized spacial score (nSPS) is 12.9. The Morgan fingerprint density at radius 3 is 2.35 bits per heavy atom. The zero-order valence-electron chi connectivity index (χ0n) is 16.6. The van der Waals surface area contributed by atoms with Gasteiger partial charge in [-0.25, -0.2) is 4.98 Å². The van der Waals surface area contributed by atoms with Gasteiger partial charge in [-0.05, 0) is 26.9 Å². The van der Waals surface area contributed by atoms with Crippen LogP contribution in [0.4, 0.5) is 0 Å². The van der Waals surface area contributed by atoms with E-state index < -0.39 is 0 Å². The van der Waals surface area contributed by atoms with Gasteiger partial charge in [-0.15, -0.1) is 0 Å². The predicted molar refractivity (Wildman–Crippen MR) is 107 cm³/mol. The molecule has 0 unspecified atom stereocenters. The Balaban J connectivity index is 2.14. The van der Waals surface area contributed by atoms with E-state index in [1.165, 1.54) is 0 Å². The maximum Gasteiger partial charge on any atom is 0.0964 e. The summed E-state index contributed by atoms with van der Waals surface area (Å²) in [7, 11) is 6.28. The summed E-state index contributed by atoms with van der Waals surface area (Å²) < 4.78 is 4.21. The molecule has 2 heterocycles. The van der Waals surface area contributed by atoms with Crippen LogP contribution in [0.15, 0.2) is 42.9 Å². The average molecular weight is 351 g/mol. The molecular weight excluding hydrogens is 322 g/mol. The number of benzene rings is 1. The van der Waals surface area contributed by atoms with Gasteiger partial charge in [0.2, 0.25) is 0 Å². The molecule has 0 fully saturated rings. The highest BCUT2D eigenvalue weighted by Crippen LogP contribution is 2.33. The van der Waals surface area contributed by atoms with Gasteiger partial charge in [0.05, 0.1) is 23.9 Å². The van der Waals surface area contributed by atoms with Crippen LogP contribution in [-0.4, -0.2) is 44.4 Å². The summed E-state index contributed by atoms with van der Waals surface area (Å²) in [6, 6.07) is 10.8. The quantitative estimate of drug-likeness (QED) is 0.677. The standard InChI is InChI=1S/C21H29N5/c1-15(2)19(24(4)5)13-26-14-22-20(17-10-8-7-9-11-17)21(26)18-12-23-25(6)16(18)3/h7-12,14-15,19H,13H2,1-6H3/t19-/m0/s1. The lowest BCUT2D eigenvalue weighted by atomic mass is 10.0. The zero-order valence-corrected chi connectivity index (χ0v) is 16.6. The van der Waals surface area contributed by atoms with Crippen LogP contribution < -0.4 is 0 Å². The minimum absolute atomic E-state index is 0.434. The number of hydrogen-bond acceptors (Lipinski definition) is 3. The molecule has 0 aliphatic carbocycles. The number of aryl methyl sites for hydroxylation is 1. The first-order valence-corrected chi connectivity index (χ1v) is 9.16. The summed E-state index contributed by atoms with van der Waals surface area (Å²) in [5, 5.41) is 4.46. The van der Waals surface area contributed by atoms with Gasteiger partial charge in [0.1, 0.15) is 0 Å². The smallest absolute Gasteiger partial charge is 0.0964 e. The topological polar surface area (TPSA) is 38.9 Å². The fraction of sp³-hybridized carbons (Fsp3) is 0.429. The summed E-state index contributed by atoms with van der Waals surface area (Å²) in [6.07, 6.45) is 3.93. The molecule has 3 rings (SSSR count). The molecular formula is C21H29N5. The van der Waals surface area contributed by atoms with Gasteiger partial charge in [0.25, 0.3) is 0 Å². The monoisotopic (exact) mass is 351 g/mol. The van der Waals surface area contributed by atoms with Crippen molar-refractivity contribution >= 4 is 0 Å².